The fraction of sp³-hybridized carbons (Fsp3) is 0.533. The lowest BCUT2D eigenvalue weighted by molar-refractivity contribution is -0.126. The number of amides is 1. The molecule has 0 radical (unpaired) electrons. The first-order chi connectivity index (χ1) is 8.66. The molecule has 1 aromatic rings. The number of nitrogens with zero attached hydrogens (tertiary/aromatic N) is 1. The normalized spacial score (nSPS) is 31.6. The summed E-state index contributed by atoms with van der Waals surface area (Å²) in [6.45, 7) is 3.17. The molecule has 0 N–H and O–H groups in total. The number of piperidine rings is 1. The SMILES string of the molecule is CC1CN(c2ccc(Br)cc2)C(=O)C2CCCC12. The predicted octanol–water partition coefficient (Wildman–Crippen LogP) is 3.85. The van der Waals surface area contributed by atoms with Gasteiger partial charge < -0.3 is 4.90 Å². The molecule has 3 unspecified atom stereocenters. The van der Waals surface area contributed by atoms with Gasteiger partial charge in [-0.05, 0) is 48.9 Å². The van der Waals surface area contributed by atoms with Crippen LogP contribution in [0.2, 0.25) is 0 Å². The van der Waals surface area contributed by atoms with Gasteiger partial charge in [0.15, 0.2) is 0 Å². The maximum absolute atomic E-state index is 12.6. The lowest BCUT2D eigenvalue weighted by Gasteiger charge is -2.39. The molecule has 1 saturated heterocycles. The molecular weight excluding hydrogens is 290 g/mol. The van der Waals surface area contributed by atoms with Crippen molar-refractivity contribution in [1.82, 2.24) is 0 Å². The quantitative estimate of drug-likeness (QED) is 0.772. The van der Waals surface area contributed by atoms with Crippen LogP contribution >= 0.6 is 15.9 Å². The van der Waals surface area contributed by atoms with E-state index >= 15 is 0 Å². The summed E-state index contributed by atoms with van der Waals surface area (Å²) in [5, 5.41) is 0. The zero-order valence-corrected chi connectivity index (χ0v) is 12.2. The molecule has 0 bridgehead atoms. The zero-order chi connectivity index (χ0) is 12.7. The molecule has 3 heteroatoms. The van der Waals surface area contributed by atoms with Gasteiger partial charge in [-0.3, -0.25) is 4.79 Å². The predicted molar refractivity (Wildman–Crippen MR) is 76.5 cm³/mol. The van der Waals surface area contributed by atoms with Gasteiger partial charge in [0.1, 0.15) is 0 Å². The number of benzene rings is 1. The average molecular weight is 308 g/mol. The molecule has 1 amide bonds. The summed E-state index contributed by atoms with van der Waals surface area (Å²) in [5.74, 6) is 1.87. The van der Waals surface area contributed by atoms with E-state index in [9.17, 15) is 4.79 Å². The molecule has 1 heterocycles. The number of hydrogen-bond donors (Lipinski definition) is 0. The summed E-state index contributed by atoms with van der Waals surface area (Å²) in [4.78, 5) is 14.5. The third kappa shape index (κ3) is 1.99. The molecule has 1 aromatic carbocycles. The Bertz CT molecular complexity index is 456. The van der Waals surface area contributed by atoms with Crippen molar-refractivity contribution in [1.29, 1.82) is 0 Å². The van der Waals surface area contributed by atoms with Gasteiger partial charge in [0.25, 0.3) is 0 Å². The molecule has 0 aromatic heterocycles. The van der Waals surface area contributed by atoms with Gasteiger partial charge in [-0.15, -0.1) is 0 Å². The van der Waals surface area contributed by atoms with Crippen LogP contribution in [-0.2, 0) is 4.79 Å². The van der Waals surface area contributed by atoms with Crippen LogP contribution < -0.4 is 4.90 Å². The summed E-state index contributed by atoms with van der Waals surface area (Å²) >= 11 is 3.44. The van der Waals surface area contributed by atoms with E-state index in [4.69, 9.17) is 0 Å². The van der Waals surface area contributed by atoms with Gasteiger partial charge in [0.2, 0.25) is 5.91 Å². The van der Waals surface area contributed by atoms with E-state index < -0.39 is 0 Å². The van der Waals surface area contributed by atoms with Crippen LogP contribution in [0.25, 0.3) is 0 Å². The summed E-state index contributed by atoms with van der Waals surface area (Å²) < 4.78 is 1.06. The molecule has 2 aliphatic rings. The van der Waals surface area contributed by atoms with Gasteiger partial charge in [-0.1, -0.05) is 29.3 Å². The number of fused-ring (bicyclic) bond motifs is 1. The first-order valence-corrected chi connectivity index (χ1v) is 7.53. The molecule has 3 atom stereocenters. The summed E-state index contributed by atoms with van der Waals surface area (Å²) in [5.41, 5.74) is 1.04. The maximum Gasteiger partial charge on any atom is 0.230 e. The minimum atomic E-state index is 0.275. The number of carbonyl (C=O) groups is 1. The van der Waals surface area contributed by atoms with Crippen LogP contribution in [0.4, 0.5) is 5.69 Å². The molecule has 0 spiro atoms. The molecule has 2 fully saturated rings. The second-order valence-corrected chi connectivity index (χ2v) is 6.52. The van der Waals surface area contributed by atoms with Crippen molar-refractivity contribution in [2.45, 2.75) is 26.2 Å². The van der Waals surface area contributed by atoms with E-state index in [0.717, 1.165) is 23.1 Å². The molecule has 18 heavy (non-hydrogen) atoms. The Hall–Kier alpha value is -0.830. The highest BCUT2D eigenvalue weighted by atomic mass is 79.9. The molecule has 1 aliphatic carbocycles. The van der Waals surface area contributed by atoms with Gasteiger partial charge in [-0.2, -0.15) is 0 Å². The maximum atomic E-state index is 12.6. The fourth-order valence-corrected chi connectivity index (χ4v) is 3.81. The number of anilines is 1. The molecule has 1 saturated carbocycles. The highest BCUT2D eigenvalue weighted by Crippen LogP contribution is 2.42. The zero-order valence-electron chi connectivity index (χ0n) is 10.6. The fourth-order valence-electron chi connectivity index (χ4n) is 3.54. The topological polar surface area (TPSA) is 20.3 Å². The Morgan fingerprint density at radius 1 is 1.22 bits per heavy atom. The van der Waals surface area contributed by atoms with Crippen molar-refractivity contribution in [3.63, 3.8) is 0 Å². The van der Waals surface area contributed by atoms with Crippen LogP contribution in [0, 0.1) is 17.8 Å². The number of carbonyl (C=O) groups excluding carboxylic acids is 1. The van der Waals surface area contributed by atoms with E-state index in [1.807, 2.05) is 29.2 Å². The molecule has 2 nitrogen and oxygen atoms in total. The first kappa shape index (κ1) is 12.2. The minimum Gasteiger partial charge on any atom is -0.312 e. The molecule has 3 rings (SSSR count). The molecular formula is C15H18BrNO. The molecule has 96 valence electrons. The first-order valence-electron chi connectivity index (χ1n) is 6.74. The highest BCUT2D eigenvalue weighted by Gasteiger charge is 2.43. The number of halogens is 1. The van der Waals surface area contributed by atoms with Crippen molar-refractivity contribution in [3.05, 3.63) is 28.7 Å². The monoisotopic (exact) mass is 307 g/mol. The van der Waals surface area contributed by atoms with Crippen molar-refractivity contribution in [3.8, 4) is 0 Å². The summed E-state index contributed by atoms with van der Waals surface area (Å²) in [6.07, 6.45) is 3.55. The van der Waals surface area contributed by atoms with Crippen molar-refractivity contribution >= 4 is 27.5 Å². The lowest BCUT2D eigenvalue weighted by Crippen LogP contribution is -2.48. The second kappa shape index (κ2) is 4.69. The molecule has 1 aliphatic heterocycles. The van der Waals surface area contributed by atoms with E-state index in [2.05, 4.69) is 22.9 Å². The van der Waals surface area contributed by atoms with Crippen molar-refractivity contribution < 1.29 is 4.79 Å². The van der Waals surface area contributed by atoms with Gasteiger partial charge in [-0.25, -0.2) is 0 Å². The van der Waals surface area contributed by atoms with E-state index in [1.54, 1.807) is 0 Å². The Morgan fingerprint density at radius 3 is 2.67 bits per heavy atom. The lowest BCUT2D eigenvalue weighted by atomic mass is 9.80. The third-order valence-electron chi connectivity index (χ3n) is 4.49. The van der Waals surface area contributed by atoms with E-state index in [1.165, 1.54) is 12.8 Å². The largest absolute Gasteiger partial charge is 0.312 e. The van der Waals surface area contributed by atoms with Crippen LogP contribution in [-0.4, -0.2) is 12.5 Å². The van der Waals surface area contributed by atoms with E-state index in [0.29, 0.717) is 17.7 Å². The number of rotatable bonds is 1. The van der Waals surface area contributed by atoms with Crippen LogP contribution in [0.1, 0.15) is 26.2 Å². The standard InChI is InChI=1S/C15H18BrNO/c1-10-9-17(12-7-5-11(16)6-8-12)15(18)14-4-2-3-13(10)14/h5-8,10,13-14H,2-4,9H2,1H3. The van der Waals surface area contributed by atoms with E-state index in [-0.39, 0.29) is 5.92 Å². The Balaban J connectivity index is 1.88. The highest BCUT2D eigenvalue weighted by molar-refractivity contribution is 9.10. The Kier molecular flexibility index (Phi) is 3.18. The van der Waals surface area contributed by atoms with Crippen molar-refractivity contribution in [2.24, 2.45) is 17.8 Å². The van der Waals surface area contributed by atoms with Gasteiger partial charge in [0.05, 0.1) is 0 Å². The third-order valence-corrected chi connectivity index (χ3v) is 5.02. The number of hydrogen-bond acceptors (Lipinski definition) is 1. The van der Waals surface area contributed by atoms with Crippen LogP contribution in [0.3, 0.4) is 0 Å². The Labute approximate surface area is 116 Å². The second-order valence-electron chi connectivity index (χ2n) is 5.60. The smallest absolute Gasteiger partial charge is 0.230 e. The van der Waals surface area contributed by atoms with Crippen molar-refractivity contribution in [2.75, 3.05) is 11.4 Å². The summed E-state index contributed by atoms with van der Waals surface area (Å²) in [7, 11) is 0. The summed E-state index contributed by atoms with van der Waals surface area (Å²) in [6, 6.07) is 8.08. The Morgan fingerprint density at radius 2 is 1.94 bits per heavy atom. The van der Waals surface area contributed by atoms with Gasteiger partial charge in [0, 0.05) is 22.6 Å². The van der Waals surface area contributed by atoms with Gasteiger partial charge >= 0.3 is 0 Å². The minimum absolute atomic E-state index is 0.275. The van der Waals surface area contributed by atoms with Crippen LogP contribution in [0.5, 0.6) is 0 Å². The average Bonchev–Trinajstić information content (AvgIpc) is 2.85. The van der Waals surface area contributed by atoms with Crippen LogP contribution in [0.15, 0.2) is 28.7 Å².